The fraction of sp³-hybridized carbons (Fsp3) is 0.290. The predicted octanol–water partition coefficient (Wildman–Crippen LogP) is 5.35. The Morgan fingerprint density at radius 2 is 1.38 bits per heavy atom. The van der Waals surface area contributed by atoms with Crippen LogP contribution in [-0.2, 0) is 20.8 Å². The van der Waals surface area contributed by atoms with Crippen molar-refractivity contribution >= 4 is 45.4 Å². The Hall–Kier alpha value is -3.78. The summed E-state index contributed by atoms with van der Waals surface area (Å²) in [6, 6.07) is 24.3. The SMILES string of the molecule is CC(C)(C)N1C(=O)C2C(c3ccc(Br)cc3)N3C(=O)N(c4ccccc4)C(=O)[C@@]3(Cc3ccccc3)C2C1=O. The molecule has 0 radical (unpaired) electrons. The Labute approximate surface area is 235 Å². The summed E-state index contributed by atoms with van der Waals surface area (Å²) in [6.07, 6.45) is 0.118. The molecule has 6 rings (SSSR count). The highest BCUT2D eigenvalue weighted by molar-refractivity contribution is 9.10. The standard InChI is InChI=1S/C31H28BrN3O4/c1-30(2,3)35-26(36)23-24(27(35)37)31(18-19-10-6-4-7-11-19)28(38)33(22-12-8-5-9-13-22)29(39)34(31)25(23)20-14-16-21(32)17-15-20/h4-17,23-25H,18H2,1-3H3/t23?,24?,25?,31-/m1/s1. The maximum Gasteiger partial charge on any atom is 0.332 e. The second-order valence-corrected chi connectivity index (χ2v) is 12.3. The third kappa shape index (κ3) is 3.61. The molecule has 3 fully saturated rings. The van der Waals surface area contributed by atoms with Gasteiger partial charge in [0, 0.05) is 16.4 Å². The number of urea groups is 1. The van der Waals surface area contributed by atoms with Crippen molar-refractivity contribution in [2.24, 2.45) is 11.8 Å². The summed E-state index contributed by atoms with van der Waals surface area (Å²) in [6.45, 7) is 5.45. The summed E-state index contributed by atoms with van der Waals surface area (Å²) in [5, 5.41) is 0. The fourth-order valence-corrected chi connectivity index (χ4v) is 6.91. The lowest BCUT2D eigenvalue weighted by atomic mass is 9.75. The first kappa shape index (κ1) is 25.5. The van der Waals surface area contributed by atoms with E-state index in [0.29, 0.717) is 11.3 Å². The molecule has 3 heterocycles. The van der Waals surface area contributed by atoms with Crippen molar-refractivity contribution in [3.8, 4) is 0 Å². The van der Waals surface area contributed by atoms with Crippen molar-refractivity contribution in [2.75, 3.05) is 4.90 Å². The molecule has 0 aliphatic carbocycles. The maximum atomic E-state index is 14.7. The van der Waals surface area contributed by atoms with Crippen molar-refractivity contribution in [2.45, 2.75) is 44.3 Å². The van der Waals surface area contributed by atoms with E-state index in [-0.39, 0.29) is 12.3 Å². The lowest BCUT2D eigenvalue weighted by Crippen LogP contribution is -2.57. The second-order valence-electron chi connectivity index (χ2n) is 11.4. The van der Waals surface area contributed by atoms with Gasteiger partial charge in [0.25, 0.3) is 5.91 Å². The number of likely N-dealkylation sites (tertiary alicyclic amines) is 1. The Balaban J connectivity index is 1.63. The third-order valence-electron chi connectivity index (χ3n) is 8.10. The molecule has 5 amide bonds. The van der Waals surface area contributed by atoms with Crippen LogP contribution in [0.15, 0.2) is 89.4 Å². The van der Waals surface area contributed by atoms with Crippen LogP contribution in [0.3, 0.4) is 0 Å². The molecule has 7 nitrogen and oxygen atoms in total. The normalized spacial score (nSPS) is 26.5. The van der Waals surface area contributed by atoms with E-state index in [0.717, 1.165) is 10.0 Å². The molecule has 0 aromatic heterocycles. The summed E-state index contributed by atoms with van der Waals surface area (Å²) < 4.78 is 0.844. The summed E-state index contributed by atoms with van der Waals surface area (Å²) in [4.78, 5) is 61.5. The number of halogens is 1. The minimum atomic E-state index is -1.57. The van der Waals surface area contributed by atoms with Gasteiger partial charge in [-0.2, -0.15) is 0 Å². The van der Waals surface area contributed by atoms with Crippen LogP contribution in [0, 0.1) is 11.8 Å². The van der Waals surface area contributed by atoms with E-state index in [1.54, 1.807) is 29.2 Å². The van der Waals surface area contributed by atoms with Crippen LogP contribution < -0.4 is 4.90 Å². The number of para-hydroxylation sites is 1. The molecule has 0 saturated carbocycles. The lowest BCUT2D eigenvalue weighted by Gasteiger charge is -2.38. The zero-order valence-corrected chi connectivity index (χ0v) is 23.5. The van der Waals surface area contributed by atoms with Crippen molar-refractivity contribution in [3.05, 3.63) is 101 Å². The molecule has 8 heteroatoms. The van der Waals surface area contributed by atoms with Gasteiger partial charge >= 0.3 is 6.03 Å². The zero-order chi connectivity index (χ0) is 27.7. The molecule has 3 aromatic rings. The average Bonchev–Trinajstić information content (AvgIpc) is 3.43. The summed E-state index contributed by atoms with van der Waals surface area (Å²) >= 11 is 3.47. The molecule has 3 unspecified atom stereocenters. The van der Waals surface area contributed by atoms with Gasteiger partial charge in [-0.1, -0.05) is 76.6 Å². The first-order chi connectivity index (χ1) is 18.6. The van der Waals surface area contributed by atoms with Gasteiger partial charge in [0.15, 0.2) is 0 Å². The minimum absolute atomic E-state index is 0.118. The van der Waals surface area contributed by atoms with Crippen molar-refractivity contribution in [1.29, 1.82) is 0 Å². The van der Waals surface area contributed by atoms with Crippen LogP contribution in [-0.4, -0.2) is 44.6 Å². The van der Waals surface area contributed by atoms with E-state index in [9.17, 15) is 19.2 Å². The van der Waals surface area contributed by atoms with Gasteiger partial charge in [-0.25, -0.2) is 9.69 Å². The van der Waals surface area contributed by atoms with Crippen LogP contribution >= 0.6 is 15.9 Å². The summed E-state index contributed by atoms with van der Waals surface area (Å²) in [5.74, 6) is -3.14. The van der Waals surface area contributed by atoms with Gasteiger partial charge in [-0.3, -0.25) is 19.3 Å². The number of hydrogen-bond acceptors (Lipinski definition) is 4. The molecule has 198 valence electrons. The van der Waals surface area contributed by atoms with Gasteiger partial charge in [-0.05, 0) is 56.2 Å². The summed E-state index contributed by atoms with van der Waals surface area (Å²) in [5.41, 5.74) is -0.403. The first-order valence-electron chi connectivity index (χ1n) is 13.0. The van der Waals surface area contributed by atoms with Crippen LogP contribution in [0.2, 0.25) is 0 Å². The molecule has 3 aliphatic rings. The van der Waals surface area contributed by atoms with Gasteiger partial charge in [0.1, 0.15) is 5.54 Å². The van der Waals surface area contributed by atoms with Crippen molar-refractivity contribution < 1.29 is 19.2 Å². The number of nitrogens with zero attached hydrogens (tertiary/aromatic N) is 3. The number of carbonyl (C=O) groups excluding carboxylic acids is 4. The number of amides is 5. The monoisotopic (exact) mass is 585 g/mol. The van der Waals surface area contributed by atoms with Gasteiger partial charge in [0.05, 0.1) is 23.6 Å². The van der Waals surface area contributed by atoms with E-state index >= 15 is 0 Å². The predicted molar refractivity (Wildman–Crippen MR) is 150 cm³/mol. The van der Waals surface area contributed by atoms with Crippen LogP contribution in [0.5, 0.6) is 0 Å². The Morgan fingerprint density at radius 1 is 0.795 bits per heavy atom. The molecule has 0 bridgehead atoms. The zero-order valence-electron chi connectivity index (χ0n) is 21.9. The van der Waals surface area contributed by atoms with Crippen LogP contribution in [0.4, 0.5) is 10.5 Å². The molecule has 3 aliphatic heterocycles. The number of anilines is 1. The Kier molecular flexibility index (Phi) is 5.80. The molecule has 39 heavy (non-hydrogen) atoms. The molecule has 4 atom stereocenters. The van der Waals surface area contributed by atoms with E-state index in [1.165, 1.54) is 9.80 Å². The number of fused-ring (bicyclic) bond motifs is 3. The van der Waals surface area contributed by atoms with E-state index in [2.05, 4.69) is 15.9 Å². The number of imide groups is 2. The highest BCUT2D eigenvalue weighted by atomic mass is 79.9. The Morgan fingerprint density at radius 3 is 1.97 bits per heavy atom. The lowest BCUT2D eigenvalue weighted by molar-refractivity contribution is -0.149. The van der Waals surface area contributed by atoms with Crippen LogP contribution in [0.1, 0.15) is 37.9 Å². The fourth-order valence-electron chi connectivity index (χ4n) is 6.64. The van der Waals surface area contributed by atoms with Crippen LogP contribution in [0.25, 0.3) is 0 Å². The van der Waals surface area contributed by atoms with Crippen molar-refractivity contribution in [1.82, 2.24) is 9.80 Å². The van der Waals surface area contributed by atoms with Gasteiger partial charge in [-0.15, -0.1) is 0 Å². The average molecular weight is 586 g/mol. The smallest absolute Gasteiger partial charge is 0.300 e. The topological polar surface area (TPSA) is 78.0 Å². The number of benzene rings is 3. The maximum absolute atomic E-state index is 14.7. The van der Waals surface area contributed by atoms with Gasteiger partial charge in [0.2, 0.25) is 11.8 Å². The number of rotatable bonds is 4. The number of hydrogen-bond donors (Lipinski definition) is 0. The molecule has 3 saturated heterocycles. The minimum Gasteiger partial charge on any atom is -0.300 e. The first-order valence-corrected chi connectivity index (χ1v) is 13.8. The van der Waals surface area contributed by atoms with E-state index < -0.39 is 46.8 Å². The summed E-state index contributed by atoms with van der Waals surface area (Å²) in [7, 11) is 0. The highest BCUT2D eigenvalue weighted by Gasteiger charge is 2.77. The van der Waals surface area contributed by atoms with E-state index in [4.69, 9.17) is 0 Å². The molecule has 3 aromatic carbocycles. The number of carbonyl (C=O) groups is 4. The highest BCUT2D eigenvalue weighted by Crippen LogP contribution is 2.60. The third-order valence-corrected chi connectivity index (χ3v) is 8.63. The molecule has 0 N–H and O–H groups in total. The quantitative estimate of drug-likeness (QED) is 0.305. The molecular formula is C31H28BrN3O4. The van der Waals surface area contributed by atoms with Crippen molar-refractivity contribution in [3.63, 3.8) is 0 Å². The molecular weight excluding hydrogens is 558 g/mol. The van der Waals surface area contributed by atoms with Gasteiger partial charge < -0.3 is 4.90 Å². The Bertz CT molecular complexity index is 1490. The second kappa shape index (κ2) is 8.88. The largest absolute Gasteiger partial charge is 0.332 e. The molecule has 0 spiro atoms. The van der Waals surface area contributed by atoms with E-state index in [1.807, 2.05) is 81.4 Å².